The first-order valence-corrected chi connectivity index (χ1v) is 3.65. The van der Waals surface area contributed by atoms with Crippen LogP contribution < -0.4 is 4.74 Å². The van der Waals surface area contributed by atoms with E-state index in [4.69, 9.17) is 10.5 Å². The lowest BCUT2D eigenvalue weighted by molar-refractivity contribution is -0.274. The van der Waals surface area contributed by atoms with Crippen LogP contribution in [0.2, 0.25) is 0 Å². The molecule has 0 N–H and O–H groups in total. The molecule has 0 aliphatic carbocycles. The highest BCUT2D eigenvalue weighted by atomic mass is 19.4. The first-order valence-electron chi connectivity index (χ1n) is 3.65. The van der Waals surface area contributed by atoms with Gasteiger partial charge in [-0.1, -0.05) is 0 Å². The largest absolute Gasteiger partial charge is 0.573 e. The van der Waals surface area contributed by atoms with Crippen LogP contribution in [0.5, 0.6) is 5.75 Å². The molecule has 0 heterocycles. The van der Waals surface area contributed by atoms with Gasteiger partial charge < -0.3 is 4.74 Å². The molecule has 0 unspecified atom stereocenters. The molecule has 0 aliphatic rings. The van der Waals surface area contributed by atoms with Crippen LogP contribution in [0.4, 0.5) is 13.2 Å². The van der Waals surface area contributed by atoms with Crippen molar-refractivity contribution < 1.29 is 17.9 Å². The van der Waals surface area contributed by atoms with Gasteiger partial charge in [0.1, 0.15) is 5.75 Å². The molecule has 0 bridgehead atoms. The zero-order valence-corrected chi connectivity index (χ0v) is 7.17. The van der Waals surface area contributed by atoms with Gasteiger partial charge in [0, 0.05) is 0 Å². The van der Waals surface area contributed by atoms with Crippen molar-refractivity contribution in [1.29, 1.82) is 10.5 Å². The first kappa shape index (κ1) is 10.9. The van der Waals surface area contributed by atoms with Gasteiger partial charge in [-0.3, -0.25) is 0 Å². The molecule has 0 fully saturated rings. The fourth-order valence-corrected chi connectivity index (χ4v) is 0.921. The summed E-state index contributed by atoms with van der Waals surface area (Å²) < 4.78 is 39.1. The van der Waals surface area contributed by atoms with Gasteiger partial charge in [-0.2, -0.15) is 10.5 Å². The van der Waals surface area contributed by atoms with Crippen molar-refractivity contribution in [3.8, 4) is 17.9 Å². The number of nitrogens with zero attached hydrogens (tertiary/aromatic N) is 2. The lowest BCUT2D eigenvalue weighted by atomic mass is 10.1. The minimum Gasteiger partial charge on any atom is -0.406 e. The molecular formula is C9H3F3N2O. The molecule has 0 amide bonds. The monoisotopic (exact) mass is 212 g/mol. The molecule has 0 aliphatic heterocycles. The fraction of sp³-hybridized carbons (Fsp3) is 0.111. The maximum Gasteiger partial charge on any atom is 0.573 e. The molecule has 0 saturated heterocycles. The molecule has 0 saturated carbocycles. The number of hydrogen-bond donors (Lipinski definition) is 0. The van der Waals surface area contributed by atoms with Gasteiger partial charge >= 0.3 is 6.36 Å². The van der Waals surface area contributed by atoms with Crippen molar-refractivity contribution >= 4 is 0 Å². The third kappa shape index (κ3) is 3.20. The Morgan fingerprint density at radius 2 is 1.47 bits per heavy atom. The van der Waals surface area contributed by atoms with Crippen molar-refractivity contribution in [2.75, 3.05) is 0 Å². The number of benzene rings is 1. The molecule has 15 heavy (non-hydrogen) atoms. The summed E-state index contributed by atoms with van der Waals surface area (Å²) in [6.45, 7) is 0. The molecule has 0 spiro atoms. The van der Waals surface area contributed by atoms with Crippen molar-refractivity contribution in [1.82, 2.24) is 0 Å². The van der Waals surface area contributed by atoms with Gasteiger partial charge in [0.05, 0.1) is 23.3 Å². The van der Waals surface area contributed by atoms with Crippen LogP contribution in [0.1, 0.15) is 11.1 Å². The predicted octanol–water partition coefficient (Wildman–Crippen LogP) is 2.33. The Bertz CT molecular complexity index is 422. The number of ether oxygens (including phenoxy) is 1. The molecule has 3 nitrogen and oxygen atoms in total. The van der Waals surface area contributed by atoms with E-state index in [9.17, 15) is 13.2 Å². The number of halogens is 3. The van der Waals surface area contributed by atoms with Crippen LogP contribution in [0, 0.1) is 22.7 Å². The summed E-state index contributed by atoms with van der Waals surface area (Å²) >= 11 is 0. The normalized spacial score (nSPS) is 10.2. The predicted molar refractivity (Wildman–Crippen MR) is 42.6 cm³/mol. The maximum absolute atomic E-state index is 11.8. The van der Waals surface area contributed by atoms with E-state index in [1.165, 1.54) is 6.07 Å². The van der Waals surface area contributed by atoms with E-state index in [1.54, 1.807) is 12.1 Å². The minimum atomic E-state index is -4.83. The van der Waals surface area contributed by atoms with Crippen molar-refractivity contribution in [3.63, 3.8) is 0 Å². The zero-order chi connectivity index (χ0) is 11.5. The topological polar surface area (TPSA) is 56.8 Å². The molecule has 1 aromatic rings. The smallest absolute Gasteiger partial charge is 0.406 e. The molecule has 6 heteroatoms. The van der Waals surface area contributed by atoms with Gasteiger partial charge in [0.25, 0.3) is 0 Å². The Morgan fingerprint density at radius 1 is 1.00 bits per heavy atom. The maximum atomic E-state index is 11.8. The standard InChI is InChI=1S/C9H3F3N2O/c10-9(11,12)15-8-2-6(4-13)1-7(3-8)5-14/h1-3H. The highest BCUT2D eigenvalue weighted by Crippen LogP contribution is 2.24. The third-order valence-electron chi connectivity index (χ3n) is 1.40. The molecule has 1 rings (SSSR count). The Balaban J connectivity index is 3.10. The Labute approximate surface area is 82.9 Å². The van der Waals surface area contributed by atoms with Crippen LogP contribution in [0.3, 0.4) is 0 Å². The summed E-state index contributed by atoms with van der Waals surface area (Å²) in [5, 5.41) is 17.0. The van der Waals surface area contributed by atoms with Gasteiger partial charge in [-0.05, 0) is 18.2 Å². The molecule has 1 aromatic carbocycles. The minimum absolute atomic E-state index is 0.0618. The fourth-order valence-electron chi connectivity index (χ4n) is 0.921. The van der Waals surface area contributed by atoms with Gasteiger partial charge in [0.2, 0.25) is 0 Å². The summed E-state index contributed by atoms with van der Waals surface area (Å²) in [4.78, 5) is 0. The third-order valence-corrected chi connectivity index (χ3v) is 1.40. The van der Waals surface area contributed by atoms with E-state index < -0.39 is 12.1 Å². The quantitative estimate of drug-likeness (QED) is 0.717. The number of hydrogen-bond acceptors (Lipinski definition) is 3. The molecule has 0 aromatic heterocycles. The summed E-state index contributed by atoms with van der Waals surface area (Å²) in [5.74, 6) is -0.571. The van der Waals surface area contributed by atoms with Crippen LogP contribution in [0.15, 0.2) is 18.2 Å². The summed E-state index contributed by atoms with van der Waals surface area (Å²) in [7, 11) is 0. The molecule has 76 valence electrons. The van der Waals surface area contributed by atoms with E-state index in [0.717, 1.165) is 12.1 Å². The second-order valence-electron chi connectivity index (χ2n) is 2.52. The molecule has 0 atom stereocenters. The Morgan fingerprint density at radius 3 is 1.80 bits per heavy atom. The van der Waals surface area contributed by atoms with Crippen LogP contribution >= 0.6 is 0 Å². The molecular weight excluding hydrogens is 209 g/mol. The highest BCUT2D eigenvalue weighted by molar-refractivity contribution is 5.45. The molecule has 0 radical (unpaired) electrons. The van der Waals surface area contributed by atoms with Crippen molar-refractivity contribution in [2.45, 2.75) is 6.36 Å². The van der Waals surface area contributed by atoms with E-state index in [-0.39, 0.29) is 11.1 Å². The van der Waals surface area contributed by atoms with E-state index >= 15 is 0 Å². The van der Waals surface area contributed by atoms with Crippen molar-refractivity contribution in [2.24, 2.45) is 0 Å². The number of rotatable bonds is 1. The average molecular weight is 212 g/mol. The second kappa shape index (κ2) is 3.89. The average Bonchev–Trinajstić information content (AvgIpc) is 2.14. The van der Waals surface area contributed by atoms with Crippen LogP contribution in [-0.4, -0.2) is 6.36 Å². The van der Waals surface area contributed by atoms with Gasteiger partial charge in [-0.25, -0.2) is 0 Å². The first-order chi connectivity index (χ1) is 6.94. The van der Waals surface area contributed by atoms with Gasteiger partial charge in [-0.15, -0.1) is 13.2 Å². The number of nitriles is 2. The van der Waals surface area contributed by atoms with Crippen LogP contribution in [0.25, 0.3) is 0 Å². The van der Waals surface area contributed by atoms with Gasteiger partial charge in [0.15, 0.2) is 0 Å². The lowest BCUT2D eigenvalue weighted by Crippen LogP contribution is -2.17. The van der Waals surface area contributed by atoms with E-state index in [2.05, 4.69) is 4.74 Å². The second-order valence-corrected chi connectivity index (χ2v) is 2.52. The lowest BCUT2D eigenvalue weighted by Gasteiger charge is -2.08. The van der Waals surface area contributed by atoms with Crippen LogP contribution in [-0.2, 0) is 0 Å². The Hall–Kier alpha value is -2.21. The summed E-state index contributed by atoms with van der Waals surface area (Å²) in [6, 6.07) is 6.25. The summed E-state index contributed by atoms with van der Waals surface area (Å²) in [5.41, 5.74) is -0.124. The van der Waals surface area contributed by atoms with Crippen molar-refractivity contribution in [3.05, 3.63) is 29.3 Å². The zero-order valence-electron chi connectivity index (χ0n) is 7.17. The Kier molecular flexibility index (Phi) is 2.82. The highest BCUT2D eigenvalue weighted by Gasteiger charge is 2.31. The van der Waals surface area contributed by atoms with E-state index in [0.29, 0.717) is 0 Å². The number of alkyl halides is 3. The SMILES string of the molecule is N#Cc1cc(C#N)cc(OC(F)(F)F)c1. The van der Waals surface area contributed by atoms with E-state index in [1.807, 2.05) is 0 Å². The summed E-state index contributed by atoms with van der Waals surface area (Å²) in [6.07, 6.45) is -4.83.